The highest BCUT2D eigenvalue weighted by Gasteiger charge is 2.40. The Morgan fingerprint density at radius 3 is 1.16 bits per heavy atom. The van der Waals surface area contributed by atoms with Crippen LogP contribution in [-0.4, -0.2) is 78.5 Å². The molecule has 0 heterocycles. The van der Waals surface area contributed by atoms with Gasteiger partial charge in [0.05, 0.1) is 0 Å². The van der Waals surface area contributed by atoms with Crippen molar-refractivity contribution in [3.05, 3.63) is 0 Å². The van der Waals surface area contributed by atoms with Gasteiger partial charge in [0.2, 0.25) is 0 Å². The number of primary amides is 1. The molecule has 192 valence electrons. The van der Waals surface area contributed by atoms with Crippen molar-refractivity contribution < 1.29 is 31.4 Å². The van der Waals surface area contributed by atoms with E-state index in [0.29, 0.717) is 63.2 Å². The van der Waals surface area contributed by atoms with Crippen molar-refractivity contribution in [3.63, 3.8) is 0 Å². The highest BCUT2D eigenvalue weighted by atomic mass is 32.2. The van der Waals surface area contributed by atoms with Gasteiger partial charge in [-0.15, -0.1) is 0 Å². The van der Waals surface area contributed by atoms with Gasteiger partial charge in [-0.25, -0.2) is 8.51 Å². The molecule has 0 aliphatic heterocycles. The second-order valence-electron chi connectivity index (χ2n) is 6.43. The maximum Gasteiger partial charge on any atom is 0.500 e. The molecule has 0 aliphatic rings. The zero-order valence-electron chi connectivity index (χ0n) is 20.7. The molecule has 2 N–H and O–H groups in total. The number of hydrogen-bond donors (Lipinski definition) is 1. The zero-order valence-corrected chi connectivity index (χ0v) is 24.3. The molecular weight excluding hydrogens is 489 g/mol. The van der Waals surface area contributed by atoms with Crippen molar-refractivity contribution in [1.82, 2.24) is 3.71 Å². The summed E-state index contributed by atoms with van der Waals surface area (Å²) >= 11 is 2.82. The van der Waals surface area contributed by atoms with E-state index in [1.165, 1.54) is 27.6 Å². The number of amides is 2. The van der Waals surface area contributed by atoms with Gasteiger partial charge in [0.1, 0.15) is 0 Å². The summed E-state index contributed by atoms with van der Waals surface area (Å²) in [5, 5.41) is 0. The molecule has 0 atom stereocenters. The van der Waals surface area contributed by atoms with E-state index in [1.807, 2.05) is 41.5 Å². The Morgan fingerprint density at radius 2 is 0.938 bits per heavy atom. The standard InChI is InChI=1S/C19H44N2O7S2Si2/c1-7-23-31(24-8-2,25-9-3)17-13-15-29-21(19(20)22)30-16-14-18-32(26-10-4,27-11-5)28-12-6/h7-18H2,1-6H3,(H2,20,22). The van der Waals surface area contributed by atoms with Crippen molar-refractivity contribution in [2.75, 3.05) is 51.1 Å². The minimum absolute atomic E-state index is 0.467. The smallest absolute Gasteiger partial charge is 0.374 e. The number of rotatable bonds is 22. The van der Waals surface area contributed by atoms with E-state index in [1.54, 1.807) is 0 Å². The molecule has 0 bridgehead atoms. The zero-order chi connectivity index (χ0) is 24.3. The summed E-state index contributed by atoms with van der Waals surface area (Å²) in [5.74, 6) is 1.43. The van der Waals surface area contributed by atoms with Crippen LogP contribution in [0.25, 0.3) is 0 Å². The van der Waals surface area contributed by atoms with Gasteiger partial charge < -0.3 is 32.3 Å². The fraction of sp³-hybridized carbons (Fsp3) is 0.947. The van der Waals surface area contributed by atoms with Crippen molar-refractivity contribution >= 4 is 47.5 Å². The second-order valence-corrected chi connectivity index (χ2v) is 14.2. The first-order valence-corrected chi connectivity index (χ1v) is 17.3. The van der Waals surface area contributed by atoms with Gasteiger partial charge in [0.25, 0.3) is 0 Å². The third kappa shape index (κ3) is 13.2. The highest BCUT2D eigenvalue weighted by molar-refractivity contribution is 8.12. The van der Waals surface area contributed by atoms with E-state index < -0.39 is 23.6 Å². The van der Waals surface area contributed by atoms with Crippen LogP contribution >= 0.6 is 23.9 Å². The molecule has 0 aromatic carbocycles. The Kier molecular flexibility index (Phi) is 19.6. The fourth-order valence-electron chi connectivity index (χ4n) is 3.04. The lowest BCUT2D eigenvalue weighted by Gasteiger charge is -2.29. The summed E-state index contributed by atoms with van der Waals surface area (Å²) in [6.45, 7) is 15.0. The summed E-state index contributed by atoms with van der Waals surface area (Å²) in [5.41, 5.74) is 5.57. The Labute approximate surface area is 205 Å². The minimum Gasteiger partial charge on any atom is -0.374 e. The summed E-state index contributed by atoms with van der Waals surface area (Å²) in [6.07, 6.45) is 1.60. The number of carbonyl (C=O) groups excluding carboxylic acids is 1. The van der Waals surface area contributed by atoms with Crippen LogP contribution in [0.4, 0.5) is 4.79 Å². The average Bonchev–Trinajstić information content (AvgIpc) is 2.73. The van der Waals surface area contributed by atoms with Crippen LogP contribution in [0.2, 0.25) is 12.1 Å². The maximum absolute atomic E-state index is 11.9. The molecule has 0 fully saturated rings. The average molecular weight is 533 g/mol. The predicted molar refractivity (Wildman–Crippen MR) is 136 cm³/mol. The van der Waals surface area contributed by atoms with E-state index in [2.05, 4.69) is 0 Å². The first-order valence-electron chi connectivity index (χ1n) is 11.6. The van der Waals surface area contributed by atoms with E-state index in [4.69, 9.17) is 32.3 Å². The van der Waals surface area contributed by atoms with Crippen LogP contribution in [-0.2, 0) is 26.6 Å². The van der Waals surface area contributed by atoms with Crippen molar-refractivity contribution in [1.29, 1.82) is 0 Å². The lowest BCUT2D eigenvalue weighted by Crippen LogP contribution is -2.46. The van der Waals surface area contributed by atoms with Crippen LogP contribution in [0.5, 0.6) is 0 Å². The van der Waals surface area contributed by atoms with E-state index in [0.717, 1.165) is 12.8 Å². The molecule has 0 aliphatic carbocycles. The van der Waals surface area contributed by atoms with Crippen LogP contribution in [0.15, 0.2) is 0 Å². The van der Waals surface area contributed by atoms with E-state index in [9.17, 15) is 4.79 Å². The van der Waals surface area contributed by atoms with Crippen LogP contribution < -0.4 is 5.73 Å². The summed E-state index contributed by atoms with van der Waals surface area (Å²) < 4.78 is 36.8. The summed E-state index contributed by atoms with van der Waals surface area (Å²) in [6, 6.07) is 0.946. The Balaban J connectivity index is 4.60. The van der Waals surface area contributed by atoms with Gasteiger partial charge in [-0.3, -0.25) is 0 Å². The molecule has 0 radical (unpaired) electrons. The Hall–Kier alpha value is 0.164. The number of urea groups is 1. The molecule has 0 spiro atoms. The molecule has 2 amide bonds. The molecule has 13 heteroatoms. The summed E-state index contributed by atoms with van der Waals surface area (Å²) in [7, 11) is -5.33. The van der Waals surface area contributed by atoms with Gasteiger partial charge in [-0.05, 0) is 78.3 Å². The van der Waals surface area contributed by atoms with Crippen LogP contribution in [0.1, 0.15) is 54.4 Å². The number of nitrogens with two attached hydrogens (primary N) is 1. The van der Waals surface area contributed by atoms with Gasteiger partial charge in [0.15, 0.2) is 0 Å². The SMILES string of the molecule is CCO[Si](CCCSN(SCCC[Si](OCC)(OCC)OCC)C(N)=O)(OCC)OCC. The number of hydrogen-bond acceptors (Lipinski definition) is 9. The lowest BCUT2D eigenvalue weighted by atomic mass is 10.6. The molecular formula is C19H44N2O7S2Si2. The first-order chi connectivity index (χ1) is 15.4. The first kappa shape index (κ1) is 32.2. The quantitative estimate of drug-likeness (QED) is 0.122. The summed E-state index contributed by atoms with van der Waals surface area (Å²) in [4.78, 5) is 11.9. The molecule has 0 saturated heterocycles. The lowest BCUT2D eigenvalue weighted by molar-refractivity contribution is 0.0704. The van der Waals surface area contributed by atoms with Gasteiger partial charge in [-0.1, -0.05) is 0 Å². The fourth-order valence-corrected chi connectivity index (χ4v) is 10.7. The third-order valence-corrected chi connectivity index (χ3v) is 12.7. The van der Waals surface area contributed by atoms with Crippen LogP contribution in [0, 0.1) is 0 Å². The van der Waals surface area contributed by atoms with Crippen LogP contribution in [0.3, 0.4) is 0 Å². The van der Waals surface area contributed by atoms with E-state index >= 15 is 0 Å². The Morgan fingerprint density at radius 1 is 0.656 bits per heavy atom. The van der Waals surface area contributed by atoms with Gasteiger partial charge >= 0.3 is 23.6 Å². The van der Waals surface area contributed by atoms with Crippen molar-refractivity contribution in [2.24, 2.45) is 5.73 Å². The molecule has 0 unspecified atom stereocenters. The molecule has 0 rings (SSSR count). The topological polar surface area (TPSA) is 102 Å². The van der Waals surface area contributed by atoms with Gasteiger partial charge in [0, 0.05) is 63.2 Å². The maximum atomic E-state index is 11.9. The van der Waals surface area contributed by atoms with Crippen molar-refractivity contribution in [2.45, 2.75) is 66.5 Å². The monoisotopic (exact) mass is 532 g/mol. The van der Waals surface area contributed by atoms with E-state index in [-0.39, 0.29) is 0 Å². The van der Waals surface area contributed by atoms with Gasteiger partial charge in [-0.2, -0.15) is 0 Å². The predicted octanol–water partition coefficient (Wildman–Crippen LogP) is 4.54. The third-order valence-electron chi connectivity index (χ3n) is 4.04. The molecule has 0 aromatic rings. The molecule has 0 saturated carbocycles. The molecule has 9 nitrogen and oxygen atoms in total. The van der Waals surface area contributed by atoms with Crippen molar-refractivity contribution in [3.8, 4) is 0 Å². The normalized spacial score (nSPS) is 12.3. The largest absolute Gasteiger partial charge is 0.500 e. The molecule has 32 heavy (non-hydrogen) atoms. The second kappa shape index (κ2) is 19.5. The highest BCUT2D eigenvalue weighted by Crippen LogP contribution is 2.27. The molecule has 0 aromatic heterocycles. The number of nitrogens with zero attached hydrogens (tertiary/aromatic N) is 1. The Bertz CT molecular complexity index is 417. The number of carbonyl (C=O) groups is 1. The minimum atomic E-state index is -2.66.